The molecular formula is C17H23N5O5S. The van der Waals surface area contributed by atoms with Gasteiger partial charge in [-0.2, -0.15) is 0 Å². The summed E-state index contributed by atoms with van der Waals surface area (Å²) in [4.78, 5) is 16.5. The molecule has 0 atom stereocenters. The molecule has 0 aliphatic carbocycles. The lowest BCUT2D eigenvalue weighted by molar-refractivity contribution is -0.384. The van der Waals surface area contributed by atoms with Crippen molar-refractivity contribution in [3.05, 3.63) is 52.2 Å². The molecule has 152 valence electrons. The summed E-state index contributed by atoms with van der Waals surface area (Å²) in [5, 5.41) is 14.4. The predicted molar refractivity (Wildman–Crippen MR) is 105 cm³/mol. The minimum absolute atomic E-state index is 0.164. The number of hydrogen-bond acceptors (Lipinski definition) is 8. The van der Waals surface area contributed by atoms with Gasteiger partial charge in [0.05, 0.1) is 16.9 Å². The molecule has 2 aromatic rings. The molecule has 0 fully saturated rings. The minimum Gasteiger partial charge on any atom is -0.481 e. The summed E-state index contributed by atoms with van der Waals surface area (Å²) in [5.74, 6) is 0.405. The van der Waals surface area contributed by atoms with E-state index in [9.17, 15) is 18.5 Å². The monoisotopic (exact) mass is 409 g/mol. The van der Waals surface area contributed by atoms with Crippen molar-refractivity contribution in [1.29, 1.82) is 0 Å². The van der Waals surface area contributed by atoms with Gasteiger partial charge in [0, 0.05) is 37.5 Å². The first-order valence-electron chi connectivity index (χ1n) is 8.39. The van der Waals surface area contributed by atoms with Crippen LogP contribution in [0.4, 0.5) is 11.4 Å². The number of aromatic nitrogens is 1. The lowest BCUT2D eigenvalue weighted by Gasteiger charge is -2.12. The number of nitrogens with zero attached hydrogens (tertiary/aromatic N) is 3. The van der Waals surface area contributed by atoms with Gasteiger partial charge in [0.15, 0.2) is 0 Å². The second kappa shape index (κ2) is 9.44. The molecule has 0 saturated heterocycles. The van der Waals surface area contributed by atoms with E-state index < -0.39 is 14.9 Å². The van der Waals surface area contributed by atoms with E-state index in [1.54, 1.807) is 18.3 Å². The van der Waals surface area contributed by atoms with Gasteiger partial charge in [0.1, 0.15) is 5.69 Å². The average molecular weight is 409 g/mol. The number of hydrogen-bond donors (Lipinski definition) is 2. The van der Waals surface area contributed by atoms with E-state index >= 15 is 0 Å². The van der Waals surface area contributed by atoms with Crippen LogP contribution in [-0.2, 0) is 16.6 Å². The summed E-state index contributed by atoms with van der Waals surface area (Å²) in [6.07, 6.45) is 1.58. The molecule has 0 aliphatic rings. The molecule has 0 amide bonds. The average Bonchev–Trinajstić information content (AvgIpc) is 2.65. The zero-order valence-electron chi connectivity index (χ0n) is 15.9. The number of benzene rings is 1. The van der Waals surface area contributed by atoms with Crippen molar-refractivity contribution in [1.82, 2.24) is 14.6 Å². The summed E-state index contributed by atoms with van der Waals surface area (Å²) in [5.41, 5.74) is 0.572. The number of likely N-dealkylation sites (N-methyl/N-ethyl adjacent to an activating group) is 1. The first-order valence-corrected chi connectivity index (χ1v) is 9.87. The molecule has 11 heteroatoms. The Kier molecular flexibility index (Phi) is 7.26. The van der Waals surface area contributed by atoms with Crippen molar-refractivity contribution in [3.8, 4) is 5.88 Å². The number of ether oxygens (including phenoxy) is 1. The highest BCUT2D eigenvalue weighted by atomic mass is 32.2. The van der Waals surface area contributed by atoms with E-state index in [-0.39, 0.29) is 29.4 Å². The summed E-state index contributed by atoms with van der Waals surface area (Å²) in [7, 11) is 1.27. The van der Waals surface area contributed by atoms with Gasteiger partial charge >= 0.3 is 0 Å². The number of nitro groups is 1. The Labute approximate surface area is 163 Å². The van der Waals surface area contributed by atoms with E-state index in [1.807, 2.05) is 19.0 Å². The smallest absolute Gasteiger partial charge is 0.293 e. The number of nitrogens with one attached hydrogen (secondary N) is 2. The Morgan fingerprint density at radius 3 is 2.68 bits per heavy atom. The standard InChI is InChI=1S/C17H23N5O5S/c1-21(2)10-9-20-28(25,26)14-6-7-15(16(11-14)22(23)24)19-12-13-5-4-8-18-17(13)27-3/h4-8,11,19-20H,9-10,12H2,1-3H3. The van der Waals surface area contributed by atoms with Crippen LogP contribution in [0.2, 0.25) is 0 Å². The topological polar surface area (TPSA) is 127 Å². The zero-order valence-corrected chi connectivity index (χ0v) is 16.7. The summed E-state index contributed by atoms with van der Waals surface area (Å²) in [6.45, 7) is 0.933. The molecule has 0 bridgehead atoms. The maximum Gasteiger partial charge on any atom is 0.293 e. The number of methoxy groups -OCH3 is 1. The number of sulfonamides is 1. The Morgan fingerprint density at radius 1 is 1.29 bits per heavy atom. The van der Waals surface area contributed by atoms with Crippen LogP contribution in [0.5, 0.6) is 5.88 Å². The van der Waals surface area contributed by atoms with Crippen molar-refractivity contribution >= 4 is 21.4 Å². The molecule has 0 aliphatic heterocycles. The number of anilines is 1. The minimum atomic E-state index is -3.85. The van der Waals surface area contributed by atoms with Crippen LogP contribution in [-0.4, -0.2) is 57.5 Å². The second-order valence-electron chi connectivity index (χ2n) is 6.16. The third kappa shape index (κ3) is 5.62. The molecule has 0 spiro atoms. The number of nitro benzene ring substituents is 1. The molecule has 0 unspecified atom stereocenters. The molecule has 10 nitrogen and oxygen atoms in total. The second-order valence-corrected chi connectivity index (χ2v) is 7.93. The van der Waals surface area contributed by atoms with Crippen LogP contribution in [0.15, 0.2) is 41.4 Å². The molecule has 28 heavy (non-hydrogen) atoms. The van der Waals surface area contributed by atoms with Gasteiger partial charge in [-0.3, -0.25) is 10.1 Å². The highest BCUT2D eigenvalue weighted by molar-refractivity contribution is 7.89. The summed E-state index contributed by atoms with van der Waals surface area (Å²) in [6, 6.07) is 7.25. The Hall–Kier alpha value is -2.76. The SMILES string of the molecule is COc1ncccc1CNc1ccc(S(=O)(=O)NCCN(C)C)cc1[N+](=O)[O-]. The van der Waals surface area contributed by atoms with E-state index in [0.717, 1.165) is 6.07 Å². The van der Waals surface area contributed by atoms with Gasteiger partial charge in [-0.05, 0) is 32.3 Å². The zero-order chi connectivity index (χ0) is 20.7. The van der Waals surface area contributed by atoms with Crippen LogP contribution in [0.3, 0.4) is 0 Å². The van der Waals surface area contributed by atoms with Crippen molar-refractivity contribution in [2.45, 2.75) is 11.4 Å². The fourth-order valence-electron chi connectivity index (χ4n) is 2.40. The summed E-state index contributed by atoms with van der Waals surface area (Å²) >= 11 is 0. The first kappa shape index (κ1) is 21.5. The Bertz CT molecular complexity index is 933. The molecule has 1 aromatic carbocycles. The normalized spacial score (nSPS) is 11.4. The van der Waals surface area contributed by atoms with Crippen molar-refractivity contribution in [3.63, 3.8) is 0 Å². The van der Waals surface area contributed by atoms with Gasteiger partial charge in [0.25, 0.3) is 5.69 Å². The lowest BCUT2D eigenvalue weighted by Crippen LogP contribution is -2.31. The first-order chi connectivity index (χ1) is 13.2. The van der Waals surface area contributed by atoms with Gasteiger partial charge < -0.3 is 15.0 Å². The van der Waals surface area contributed by atoms with Crippen LogP contribution >= 0.6 is 0 Å². The van der Waals surface area contributed by atoms with Crippen LogP contribution in [0.1, 0.15) is 5.56 Å². The van der Waals surface area contributed by atoms with Gasteiger partial charge in [-0.1, -0.05) is 6.07 Å². The van der Waals surface area contributed by atoms with E-state index in [4.69, 9.17) is 4.74 Å². The third-order valence-corrected chi connectivity index (χ3v) is 5.30. The van der Waals surface area contributed by atoms with Crippen molar-refractivity contribution < 1.29 is 18.1 Å². The number of rotatable bonds is 10. The van der Waals surface area contributed by atoms with Gasteiger partial charge in [-0.25, -0.2) is 18.1 Å². The van der Waals surface area contributed by atoms with E-state index in [1.165, 1.54) is 19.2 Å². The predicted octanol–water partition coefficient (Wildman–Crippen LogP) is 1.45. The lowest BCUT2D eigenvalue weighted by atomic mass is 10.2. The maximum atomic E-state index is 12.4. The van der Waals surface area contributed by atoms with Gasteiger partial charge in [0.2, 0.25) is 15.9 Å². The van der Waals surface area contributed by atoms with E-state index in [2.05, 4.69) is 15.0 Å². The van der Waals surface area contributed by atoms with Gasteiger partial charge in [-0.15, -0.1) is 0 Å². The molecular weight excluding hydrogens is 386 g/mol. The highest BCUT2D eigenvalue weighted by Crippen LogP contribution is 2.28. The Morgan fingerprint density at radius 2 is 2.04 bits per heavy atom. The van der Waals surface area contributed by atoms with Crippen LogP contribution < -0.4 is 14.8 Å². The van der Waals surface area contributed by atoms with Crippen LogP contribution in [0, 0.1) is 10.1 Å². The highest BCUT2D eigenvalue weighted by Gasteiger charge is 2.21. The molecule has 1 heterocycles. The molecule has 1 aromatic heterocycles. The molecule has 2 rings (SSSR count). The molecule has 2 N–H and O–H groups in total. The molecule has 0 radical (unpaired) electrons. The maximum absolute atomic E-state index is 12.4. The largest absolute Gasteiger partial charge is 0.481 e. The summed E-state index contributed by atoms with van der Waals surface area (Å²) < 4.78 is 32.3. The fourth-order valence-corrected chi connectivity index (χ4v) is 3.44. The Balaban J connectivity index is 2.22. The van der Waals surface area contributed by atoms with E-state index in [0.29, 0.717) is 18.0 Å². The van der Waals surface area contributed by atoms with Crippen molar-refractivity contribution in [2.24, 2.45) is 0 Å². The fraction of sp³-hybridized carbons (Fsp3) is 0.353. The third-order valence-electron chi connectivity index (χ3n) is 3.84. The van der Waals surface area contributed by atoms with Crippen molar-refractivity contribution in [2.75, 3.05) is 39.6 Å². The quantitative estimate of drug-likeness (QED) is 0.446. The number of pyridine rings is 1. The van der Waals surface area contributed by atoms with Crippen LogP contribution in [0.25, 0.3) is 0 Å². The molecule has 0 saturated carbocycles.